The van der Waals surface area contributed by atoms with Gasteiger partial charge in [0.05, 0.1) is 12.6 Å². The molecule has 0 bridgehead atoms. The minimum atomic E-state index is -0.991. The van der Waals surface area contributed by atoms with Crippen molar-refractivity contribution in [1.29, 1.82) is 0 Å². The summed E-state index contributed by atoms with van der Waals surface area (Å²) in [5.41, 5.74) is 10.5. The summed E-state index contributed by atoms with van der Waals surface area (Å²) >= 11 is 0. The fraction of sp³-hybridized carbons (Fsp3) is 0.245. The van der Waals surface area contributed by atoms with Gasteiger partial charge in [0, 0.05) is 31.2 Å². The third-order valence-electron chi connectivity index (χ3n) is 12.1. The van der Waals surface area contributed by atoms with E-state index in [1.807, 2.05) is 133 Å². The van der Waals surface area contributed by atoms with Crippen molar-refractivity contribution < 1.29 is 33.8 Å². The first-order valence-electron chi connectivity index (χ1n) is 21.9. The Labute approximate surface area is 373 Å². The molecule has 0 saturated carbocycles. The molecular formula is C53H52N4O7. The van der Waals surface area contributed by atoms with E-state index in [0.29, 0.717) is 12.8 Å². The van der Waals surface area contributed by atoms with Crippen LogP contribution in [0.5, 0.6) is 0 Å². The second-order valence-electron chi connectivity index (χ2n) is 16.2. The Hall–Kier alpha value is -7.24. The molecule has 0 fully saturated rings. The molecule has 0 saturated heterocycles. The van der Waals surface area contributed by atoms with Crippen molar-refractivity contribution in [1.82, 2.24) is 21.3 Å². The molecule has 0 aliphatic heterocycles. The lowest BCUT2D eigenvalue weighted by atomic mass is 9.98. The molecule has 0 heterocycles. The maximum atomic E-state index is 13.8. The molecule has 6 aromatic carbocycles. The van der Waals surface area contributed by atoms with Crippen LogP contribution >= 0.6 is 0 Å². The van der Waals surface area contributed by atoms with Crippen LogP contribution in [0, 0.1) is 0 Å². The number of carbonyl (C=O) groups excluding carboxylic acids is 4. The molecule has 2 aliphatic rings. The van der Waals surface area contributed by atoms with Crippen LogP contribution in [0.1, 0.15) is 58.1 Å². The number of carbonyl (C=O) groups is 4. The highest BCUT2D eigenvalue weighted by atomic mass is 16.6. The predicted molar refractivity (Wildman–Crippen MR) is 246 cm³/mol. The van der Waals surface area contributed by atoms with Crippen LogP contribution in [0.2, 0.25) is 0 Å². The van der Waals surface area contributed by atoms with Gasteiger partial charge in [0.15, 0.2) is 0 Å². The number of benzene rings is 6. The highest BCUT2D eigenvalue weighted by Gasteiger charge is 2.32. The molecule has 11 heteroatoms. The molecule has 1 unspecified atom stereocenters. The summed E-state index contributed by atoms with van der Waals surface area (Å²) in [5.74, 6) is -1.14. The molecule has 2 aliphatic carbocycles. The van der Waals surface area contributed by atoms with E-state index < -0.39 is 42.1 Å². The first-order valence-corrected chi connectivity index (χ1v) is 21.9. The van der Waals surface area contributed by atoms with Gasteiger partial charge >= 0.3 is 12.2 Å². The van der Waals surface area contributed by atoms with Gasteiger partial charge in [-0.25, -0.2) is 9.59 Å². The molecule has 326 valence electrons. The number of nitrogens with one attached hydrogen (secondary N) is 4. The number of hydrogen-bond donors (Lipinski definition) is 5. The Morgan fingerprint density at radius 1 is 0.484 bits per heavy atom. The van der Waals surface area contributed by atoms with E-state index in [4.69, 9.17) is 9.47 Å². The van der Waals surface area contributed by atoms with E-state index in [1.54, 1.807) is 0 Å². The van der Waals surface area contributed by atoms with Crippen LogP contribution < -0.4 is 21.3 Å². The Bertz CT molecular complexity index is 2480. The van der Waals surface area contributed by atoms with E-state index in [2.05, 4.69) is 45.5 Å². The van der Waals surface area contributed by atoms with E-state index in [-0.39, 0.29) is 51.0 Å². The monoisotopic (exact) mass is 856 g/mol. The van der Waals surface area contributed by atoms with Gasteiger partial charge in [0.25, 0.3) is 0 Å². The van der Waals surface area contributed by atoms with E-state index >= 15 is 0 Å². The Morgan fingerprint density at radius 3 is 1.27 bits per heavy atom. The van der Waals surface area contributed by atoms with Crippen molar-refractivity contribution in [2.45, 2.75) is 55.6 Å². The van der Waals surface area contributed by atoms with Crippen LogP contribution in [-0.4, -0.2) is 73.6 Å². The maximum absolute atomic E-state index is 13.8. The van der Waals surface area contributed by atoms with Crippen LogP contribution in [0.4, 0.5) is 9.59 Å². The van der Waals surface area contributed by atoms with Crippen molar-refractivity contribution in [2.75, 3.05) is 26.4 Å². The third-order valence-corrected chi connectivity index (χ3v) is 12.1. The molecule has 4 amide bonds. The lowest BCUT2D eigenvalue weighted by Gasteiger charge is -2.23. The number of aliphatic hydroxyl groups excluding tert-OH is 1. The van der Waals surface area contributed by atoms with Gasteiger partial charge in [-0.1, -0.05) is 158 Å². The molecular weight excluding hydrogens is 805 g/mol. The smallest absolute Gasteiger partial charge is 0.407 e. The number of rotatable bonds is 18. The lowest BCUT2D eigenvalue weighted by molar-refractivity contribution is -0.124. The van der Waals surface area contributed by atoms with Gasteiger partial charge in [0.2, 0.25) is 11.8 Å². The SMILES string of the molecule is O=C(N[C@@H](Cc1ccccc1)C(=O)NCCCC(CO)NC(=O)[C@H](Cc1ccccc1)NC(=O)OCC1c2ccccc2-c2ccccc21)OCC1c2ccccc2-c2ccccc21. The fourth-order valence-electron chi connectivity index (χ4n) is 8.88. The van der Waals surface area contributed by atoms with Crippen molar-refractivity contribution in [2.24, 2.45) is 0 Å². The van der Waals surface area contributed by atoms with Crippen LogP contribution in [-0.2, 0) is 31.9 Å². The van der Waals surface area contributed by atoms with Gasteiger partial charge in [-0.15, -0.1) is 0 Å². The summed E-state index contributed by atoms with van der Waals surface area (Å²) in [6.45, 7) is 0.0656. The van der Waals surface area contributed by atoms with Gasteiger partial charge in [-0.3, -0.25) is 9.59 Å². The predicted octanol–water partition coefficient (Wildman–Crippen LogP) is 7.66. The zero-order valence-electron chi connectivity index (χ0n) is 35.5. The summed E-state index contributed by atoms with van der Waals surface area (Å²) in [5, 5.41) is 21.7. The average molecular weight is 857 g/mol. The Morgan fingerprint density at radius 2 is 0.859 bits per heavy atom. The quantitative estimate of drug-likeness (QED) is 0.0557. The summed E-state index contributed by atoms with van der Waals surface area (Å²) in [7, 11) is 0. The normalized spacial score (nSPS) is 13.8. The number of fused-ring (bicyclic) bond motifs is 6. The molecule has 64 heavy (non-hydrogen) atoms. The molecule has 8 rings (SSSR count). The molecule has 3 atom stereocenters. The summed E-state index contributed by atoms with van der Waals surface area (Å²) < 4.78 is 11.6. The molecule has 5 N–H and O–H groups in total. The number of amides is 4. The van der Waals surface area contributed by atoms with Crippen molar-refractivity contribution in [3.8, 4) is 22.3 Å². The van der Waals surface area contributed by atoms with Crippen molar-refractivity contribution in [3.05, 3.63) is 191 Å². The zero-order valence-corrected chi connectivity index (χ0v) is 35.5. The molecule has 0 radical (unpaired) electrons. The van der Waals surface area contributed by atoms with Crippen LogP contribution in [0.3, 0.4) is 0 Å². The van der Waals surface area contributed by atoms with Crippen LogP contribution in [0.25, 0.3) is 22.3 Å². The summed E-state index contributed by atoms with van der Waals surface area (Å²) in [4.78, 5) is 54.1. The number of ether oxygens (including phenoxy) is 2. The van der Waals surface area contributed by atoms with Gasteiger partial charge < -0.3 is 35.8 Å². The van der Waals surface area contributed by atoms with Gasteiger partial charge in [-0.05, 0) is 68.5 Å². The second-order valence-corrected chi connectivity index (χ2v) is 16.2. The highest BCUT2D eigenvalue weighted by molar-refractivity contribution is 5.87. The first kappa shape index (κ1) is 43.4. The average Bonchev–Trinajstić information content (AvgIpc) is 3.83. The van der Waals surface area contributed by atoms with E-state index in [0.717, 1.165) is 55.6 Å². The Balaban J connectivity index is 0.843. The van der Waals surface area contributed by atoms with Crippen molar-refractivity contribution in [3.63, 3.8) is 0 Å². The maximum Gasteiger partial charge on any atom is 0.407 e. The van der Waals surface area contributed by atoms with E-state index in [1.165, 1.54) is 0 Å². The number of alkyl carbamates (subject to hydrolysis) is 2. The molecule has 11 nitrogen and oxygen atoms in total. The molecule has 0 spiro atoms. The fourth-order valence-corrected chi connectivity index (χ4v) is 8.88. The summed E-state index contributed by atoms with van der Waals surface area (Å²) in [6.07, 6.45) is -0.246. The number of hydrogen-bond acceptors (Lipinski definition) is 7. The largest absolute Gasteiger partial charge is 0.449 e. The number of aliphatic hydroxyl groups is 1. The van der Waals surface area contributed by atoms with E-state index in [9.17, 15) is 24.3 Å². The first-order chi connectivity index (χ1) is 31.4. The lowest BCUT2D eigenvalue weighted by Crippen LogP contribution is -2.52. The van der Waals surface area contributed by atoms with Crippen LogP contribution in [0.15, 0.2) is 158 Å². The minimum absolute atomic E-state index is 0.0952. The van der Waals surface area contributed by atoms with Gasteiger partial charge in [-0.2, -0.15) is 0 Å². The minimum Gasteiger partial charge on any atom is -0.449 e. The highest BCUT2D eigenvalue weighted by Crippen LogP contribution is 2.45. The third kappa shape index (κ3) is 10.3. The molecule has 0 aromatic heterocycles. The Kier molecular flexibility index (Phi) is 14.1. The second kappa shape index (κ2) is 20.8. The van der Waals surface area contributed by atoms with Gasteiger partial charge in [0.1, 0.15) is 25.3 Å². The zero-order chi connectivity index (χ0) is 44.3. The van der Waals surface area contributed by atoms with Crippen molar-refractivity contribution >= 4 is 24.0 Å². The standard InChI is InChI=1S/C53H52N4O7/c58-32-37(55-51(60)49(31-36-18-5-2-6-19-36)57-53(62)64-34-47-44-27-13-9-23-40(44)41-24-10-14-28-45(41)47)20-15-29-54-50(59)48(30-35-16-3-1-4-17-35)56-52(61)63-33-46-42-25-11-7-21-38(42)39-22-8-12-26-43(39)46/h1-14,16-19,21-28,37,46-49,58H,15,20,29-34H2,(H,54,59)(H,55,60)(H,56,61)(H,57,62)/t37?,48-,49-/m0/s1. The summed E-state index contributed by atoms with van der Waals surface area (Å²) in [6, 6.07) is 48.5. The molecule has 6 aromatic rings. The topological polar surface area (TPSA) is 155 Å².